The van der Waals surface area contributed by atoms with Crippen LogP contribution < -0.4 is 5.46 Å². The Morgan fingerprint density at radius 1 is 1.55 bits per heavy atom. The zero-order chi connectivity index (χ0) is 8.43. The molecule has 0 spiro atoms. The average Bonchev–Trinajstić information content (AvgIpc) is 1.85. The number of benzene rings is 1. The molecule has 11 heavy (non-hydrogen) atoms. The quantitative estimate of drug-likeness (QED) is 0.585. The SMILES string of the molecule is [B]c1ccc(C(=O)O)c(C)c1. The molecule has 2 nitrogen and oxygen atoms in total. The predicted octanol–water partition coefficient (Wildman–Crippen LogP) is 0.487. The van der Waals surface area contributed by atoms with E-state index in [4.69, 9.17) is 13.0 Å². The summed E-state index contributed by atoms with van der Waals surface area (Å²) in [5, 5.41) is 8.62. The fourth-order valence-electron chi connectivity index (χ4n) is 0.927. The number of carboxylic acids is 1. The van der Waals surface area contributed by atoms with E-state index in [-0.39, 0.29) is 0 Å². The summed E-state index contributed by atoms with van der Waals surface area (Å²) in [4.78, 5) is 10.5. The minimum atomic E-state index is -0.914. The molecule has 0 saturated heterocycles. The van der Waals surface area contributed by atoms with Crippen LogP contribution in [-0.2, 0) is 0 Å². The fraction of sp³-hybridized carbons (Fsp3) is 0.125. The number of hydrogen-bond acceptors (Lipinski definition) is 1. The third-order valence-corrected chi connectivity index (χ3v) is 1.48. The lowest BCUT2D eigenvalue weighted by Crippen LogP contribution is -2.07. The molecule has 0 unspecified atom stereocenters. The van der Waals surface area contributed by atoms with Gasteiger partial charge in [0.25, 0.3) is 0 Å². The minimum Gasteiger partial charge on any atom is -0.478 e. The number of carbonyl (C=O) groups is 1. The maximum Gasteiger partial charge on any atom is 0.335 e. The van der Waals surface area contributed by atoms with Gasteiger partial charge in [0.1, 0.15) is 7.85 Å². The van der Waals surface area contributed by atoms with Crippen molar-refractivity contribution in [1.29, 1.82) is 0 Å². The molecule has 0 aliphatic rings. The molecule has 0 aliphatic heterocycles. The lowest BCUT2D eigenvalue weighted by Gasteiger charge is -2.00. The highest BCUT2D eigenvalue weighted by molar-refractivity contribution is 6.32. The summed E-state index contributed by atoms with van der Waals surface area (Å²) in [6.45, 7) is 1.72. The molecule has 1 N–H and O–H groups in total. The molecule has 54 valence electrons. The van der Waals surface area contributed by atoms with Crippen LogP contribution in [0.1, 0.15) is 15.9 Å². The monoisotopic (exact) mass is 146 g/mol. The van der Waals surface area contributed by atoms with Crippen molar-refractivity contribution in [3.63, 3.8) is 0 Å². The Bertz CT molecular complexity index is 294. The number of carboxylic acid groups (broad SMARTS) is 1. The van der Waals surface area contributed by atoms with Gasteiger partial charge in [0.2, 0.25) is 0 Å². The second kappa shape index (κ2) is 2.78. The van der Waals surface area contributed by atoms with Gasteiger partial charge in [0.15, 0.2) is 0 Å². The van der Waals surface area contributed by atoms with Gasteiger partial charge in [-0.05, 0) is 18.6 Å². The van der Waals surface area contributed by atoms with Gasteiger partial charge < -0.3 is 5.11 Å². The molecule has 1 aromatic carbocycles. The molecule has 1 rings (SSSR count). The summed E-state index contributed by atoms with van der Waals surface area (Å²) >= 11 is 0. The van der Waals surface area contributed by atoms with E-state index in [1.807, 2.05) is 0 Å². The van der Waals surface area contributed by atoms with Gasteiger partial charge in [-0.3, -0.25) is 0 Å². The maximum absolute atomic E-state index is 10.5. The summed E-state index contributed by atoms with van der Waals surface area (Å²) < 4.78 is 0. The van der Waals surface area contributed by atoms with E-state index >= 15 is 0 Å². The van der Waals surface area contributed by atoms with Crippen molar-refractivity contribution in [2.45, 2.75) is 6.92 Å². The summed E-state index contributed by atoms with van der Waals surface area (Å²) in [7, 11) is 5.43. The summed E-state index contributed by atoms with van der Waals surface area (Å²) in [6.07, 6.45) is 0. The highest BCUT2D eigenvalue weighted by atomic mass is 16.4. The first-order chi connectivity index (χ1) is 5.11. The van der Waals surface area contributed by atoms with Crippen molar-refractivity contribution < 1.29 is 9.90 Å². The Hall–Kier alpha value is -1.25. The topological polar surface area (TPSA) is 37.3 Å². The van der Waals surface area contributed by atoms with Crippen LogP contribution in [0.2, 0.25) is 0 Å². The van der Waals surface area contributed by atoms with E-state index in [9.17, 15) is 4.79 Å². The van der Waals surface area contributed by atoms with E-state index in [0.717, 1.165) is 0 Å². The van der Waals surface area contributed by atoms with Crippen LogP contribution in [0.4, 0.5) is 0 Å². The smallest absolute Gasteiger partial charge is 0.335 e. The number of aryl methyl sites for hydroxylation is 1. The van der Waals surface area contributed by atoms with Crippen LogP contribution in [0.25, 0.3) is 0 Å². The molecule has 2 radical (unpaired) electrons. The van der Waals surface area contributed by atoms with Gasteiger partial charge in [-0.15, -0.1) is 0 Å². The highest BCUT2D eigenvalue weighted by Gasteiger charge is 2.04. The summed E-state index contributed by atoms with van der Waals surface area (Å²) in [5.74, 6) is -0.914. The van der Waals surface area contributed by atoms with Gasteiger partial charge in [0, 0.05) is 0 Å². The van der Waals surface area contributed by atoms with Crippen molar-refractivity contribution in [2.24, 2.45) is 0 Å². The first-order valence-electron chi connectivity index (χ1n) is 3.20. The molecule has 0 bridgehead atoms. The first kappa shape index (κ1) is 7.86. The Kier molecular flexibility index (Phi) is 1.99. The van der Waals surface area contributed by atoms with Gasteiger partial charge in [-0.1, -0.05) is 17.6 Å². The van der Waals surface area contributed by atoms with Gasteiger partial charge in [0.05, 0.1) is 5.56 Å². The normalized spacial score (nSPS) is 9.55. The second-order valence-electron chi connectivity index (χ2n) is 2.38. The first-order valence-corrected chi connectivity index (χ1v) is 3.20. The fourth-order valence-corrected chi connectivity index (χ4v) is 0.927. The number of hydrogen-bond donors (Lipinski definition) is 1. The van der Waals surface area contributed by atoms with Crippen molar-refractivity contribution >= 4 is 19.3 Å². The third kappa shape index (κ3) is 1.61. The maximum atomic E-state index is 10.5. The van der Waals surface area contributed by atoms with Crippen LogP contribution in [0.15, 0.2) is 18.2 Å². The Balaban J connectivity index is 3.20. The highest BCUT2D eigenvalue weighted by Crippen LogP contribution is 2.04. The van der Waals surface area contributed by atoms with Gasteiger partial charge >= 0.3 is 5.97 Å². The second-order valence-corrected chi connectivity index (χ2v) is 2.38. The van der Waals surface area contributed by atoms with E-state index < -0.39 is 5.97 Å². The van der Waals surface area contributed by atoms with E-state index in [1.54, 1.807) is 19.1 Å². The van der Waals surface area contributed by atoms with Crippen molar-refractivity contribution in [3.05, 3.63) is 29.3 Å². The molecular weight excluding hydrogens is 139 g/mol. The molecule has 0 fully saturated rings. The molecule has 3 heteroatoms. The molecule has 0 atom stereocenters. The largest absolute Gasteiger partial charge is 0.478 e. The Morgan fingerprint density at radius 2 is 2.18 bits per heavy atom. The van der Waals surface area contributed by atoms with Crippen LogP contribution in [-0.4, -0.2) is 18.9 Å². The molecular formula is C8H7BO2. The lowest BCUT2D eigenvalue weighted by atomic mass is 9.92. The summed E-state index contributed by atoms with van der Waals surface area (Å²) in [5.41, 5.74) is 1.59. The predicted molar refractivity (Wildman–Crippen MR) is 43.5 cm³/mol. The average molecular weight is 146 g/mol. The van der Waals surface area contributed by atoms with Crippen molar-refractivity contribution in [2.75, 3.05) is 0 Å². The Labute approximate surface area is 66.3 Å². The minimum absolute atomic E-state index is 0.305. The third-order valence-electron chi connectivity index (χ3n) is 1.48. The Morgan fingerprint density at radius 3 is 2.64 bits per heavy atom. The summed E-state index contributed by atoms with van der Waals surface area (Å²) in [6, 6.07) is 4.73. The number of rotatable bonds is 1. The van der Waals surface area contributed by atoms with E-state index in [2.05, 4.69) is 0 Å². The molecule has 0 aromatic heterocycles. The van der Waals surface area contributed by atoms with Crippen LogP contribution in [0.3, 0.4) is 0 Å². The lowest BCUT2D eigenvalue weighted by molar-refractivity contribution is 0.0696. The van der Waals surface area contributed by atoms with Gasteiger partial charge in [-0.2, -0.15) is 0 Å². The molecule has 0 heterocycles. The standard InChI is InChI=1S/C8H7BO2/c1-5-4-6(9)2-3-7(5)8(10)11/h2-4H,1H3,(H,10,11). The zero-order valence-corrected chi connectivity index (χ0v) is 6.16. The van der Waals surface area contributed by atoms with Crippen molar-refractivity contribution in [1.82, 2.24) is 0 Å². The molecule has 0 aliphatic carbocycles. The number of aromatic carboxylic acids is 1. The van der Waals surface area contributed by atoms with Crippen LogP contribution in [0, 0.1) is 6.92 Å². The zero-order valence-electron chi connectivity index (χ0n) is 6.16. The van der Waals surface area contributed by atoms with Crippen LogP contribution >= 0.6 is 0 Å². The van der Waals surface area contributed by atoms with Crippen LogP contribution in [0.5, 0.6) is 0 Å². The van der Waals surface area contributed by atoms with Gasteiger partial charge in [-0.25, -0.2) is 4.79 Å². The molecule has 1 aromatic rings. The van der Waals surface area contributed by atoms with Crippen molar-refractivity contribution in [3.8, 4) is 0 Å². The molecule has 0 saturated carbocycles. The molecule has 0 amide bonds. The van der Waals surface area contributed by atoms with E-state index in [1.165, 1.54) is 6.07 Å². The van der Waals surface area contributed by atoms with E-state index in [0.29, 0.717) is 16.6 Å².